The lowest BCUT2D eigenvalue weighted by atomic mass is 9.98. The van der Waals surface area contributed by atoms with Crippen LogP contribution >= 0.6 is 11.6 Å². The van der Waals surface area contributed by atoms with Gasteiger partial charge < -0.3 is 19.2 Å². The van der Waals surface area contributed by atoms with E-state index in [1.165, 1.54) is 4.90 Å². The van der Waals surface area contributed by atoms with Crippen LogP contribution in [0, 0.1) is 0 Å². The van der Waals surface area contributed by atoms with E-state index in [1.807, 2.05) is 0 Å². The molecule has 0 radical (unpaired) electrons. The van der Waals surface area contributed by atoms with Gasteiger partial charge in [0.25, 0.3) is 0 Å². The smallest absolute Gasteiger partial charge is 0.447 e. The van der Waals surface area contributed by atoms with Gasteiger partial charge in [0.1, 0.15) is 18.2 Å². The number of rotatable bonds is 7. The fourth-order valence-corrected chi connectivity index (χ4v) is 4.00. The van der Waals surface area contributed by atoms with Crippen LogP contribution in [0.25, 0.3) is 10.9 Å². The van der Waals surface area contributed by atoms with Crippen LogP contribution in [0.1, 0.15) is 45.5 Å². The van der Waals surface area contributed by atoms with Crippen LogP contribution in [-0.4, -0.2) is 68.9 Å². The minimum absolute atomic E-state index is 0.0693. The number of anilines is 1. The van der Waals surface area contributed by atoms with Gasteiger partial charge in [0.2, 0.25) is 11.8 Å². The second kappa shape index (κ2) is 11.2. The molecule has 2 atom stereocenters. The van der Waals surface area contributed by atoms with E-state index in [0.717, 1.165) is 5.39 Å². The maximum absolute atomic E-state index is 13.1. The number of carbonyl (C=O) groups excluding carboxylic acids is 1. The van der Waals surface area contributed by atoms with Crippen molar-refractivity contribution in [3.05, 3.63) is 35.3 Å². The maximum atomic E-state index is 13.1. The summed E-state index contributed by atoms with van der Waals surface area (Å²) in [7, 11) is 0. The monoisotopic (exact) mass is 558 g/mol. The third-order valence-corrected chi connectivity index (χ3v) is 5.60. The van der Waals surface area contributed by atoms with Gasteiger partial charge in [-0.3, -0.25) is 9.64 Å². The number of hydrogen-bond acceptors (Lipinski definition) is 10. The first-order valence-electron chi connectivity index (χ1n) is 11.7. The normalized spacial score (nSPS) is 18.4. The van der Waals surface area contributed by atoms with Crippen molar-refractivity contribution in [3.63, 3.8) is 0 Å². The standard InChI is InChI=1S/C23H26ClF3N6O5/c1-22(2,3)38-21(34)33-12-15(29-19-28-11-13-10-14(24)4-6-16(13)30-19)5-7-17(33)18-31-32-20(37-18)35-8-9-36-23(25,26)27/h4,6,10-11,15,17H,5,7-9,12H2,1-3H3,(H,28,29,30)/t15-,17+/m0/s1. The van der Waals surface area contributed by atoms with E-state index in [0.29, 0.717) is 29.3 Å². The predicted octanol–water partition coefficient (Wildman–Crippen LogP) is 5.13. The van der Waals surface area contributed by atoms with E-state index in [1.54, 1.807) is 45.2 Å². The number of nitrogens with one attached hydrogen (secondary N) is 1. The van der Waals surface area contributed by atoms with E-state index in [4.69, 9.17) is 25.5 Å². The Morgan fingerprint density at radius 1 is 1.21 bits per heavy atom. The minimum atomic E-state index is -4.77. The summed E-state index contributed by atoms with van der Waals surface area (Å²) in [6, 6.07) is 4.43. The molecule has 1 amide bonds. The number of piperidine rings is 1. The molecular formula is C23H26ClF3N6O5. The first kappa shape index (κ1) is 27.6. The van der Waals surface area contributed by atoms with Gasteiger partial charge in [0.15, 0.2) is 0 Å². The second-order valence-corrected chi connectivity index (χ2v) is 9.95. The number of amides is 1. The summed E-state index contributed by atoms with van der Waals surface area (Å²) in [4.78, 5) is 23.4. The zero-order valence-electron chi connectivity index (χ0n) is 20.8. The number of hydrogen-bond donors (Lipinski definition) is 1. The summed E-state index contributed by atoms with van der Waals surface area (Å²) in [5, 5.41) is 12.3. The predicted molar refractivity (Wildman–Crippen MR) is 129 cm³/mol. The molecule has 2 aromatic heterocycles. The van der Waals surface area contributed by atoms with Crippen molar-refractivity contribution in [2.45, 2.75) is 57.7 Å². The minimum Gasteiger partial charge on any atom is -0.447 e. The van der Waals surface area contributed by atoms with Crippen molar-refractivity contribution < 1.29 is 36.6 Å². The largest absolute Gasteiger partial charge is 0.522 e. The third-order valence-electron chi connectivity index (χ3n) is 5.37. The van der Waals surface area contributed by atoms with Crippen LogP contribution in [0.2, 0.25) is 5.02 Å². The Morgan fingerprint density at radius 2 is 2.00 bits per heavy atom. The highest BCUT2D eigenvalue weighted by Gasteiger charge is 2.38. The maximum Gasteiger partial charge on any atom is 0.522 e. The Bertz CT molecular complexity index is 1270. The second-order valence-electron chi connectivity index (χ2n) is 9.51. The zero-order chi connectivity index (χ0) is 27.5. The Balaban J connectivity index is 1.45. The summed E-state index contributed by atoms with van der Waals surface area (Å²) in [5.74, 6) is 0.460. The average molecular weight is 559 g/mol. The number of fused-ring (bicyclic) bond motifs is 1. The summed E-state index contributed by atoms with van der Waals surface area (Å²) in [5.41, 5.74) is -0.0459. The van der Waals surface area contributed by atoms with Gasteiger partial charge in [-0.15, -0.1) is 18.3 Å². The fourth-order valence-electron chi connectivity index (χ4n) is 3.82. The molecule has 0 saturated carbocycles. The Morgan fingerprint density at radius 3 is 2.74 bits per heavy atom. The molecule has 0 aliphatic carbocycles. The Kier molecular flexibility index (Phi) is 8.11. The van der Waals surface area contributed by atoms with Gasteiger partial charge in [-0.25, -0.2) is 14.8 Å². The van der Waals surface area contributed by atoms with Gasteiger partial charge in [-0.05, 0) is 51.8 Å². The first-order chi connectivity index (χ1) is 17.9. The zero-order valence-corrected chi connectivity index (χ0v) is 21.5. The van der Waals surface area contributed by atoms with E-state index >= 15 is 0 Å². The van der Waals surface area contributed by atoms with Crippen molar-refractivity contribution in [2.75, 3.05) is 25.1 Å². The highest BCUT2D eigenvalue weighted by molar-refractivity contribution is 6.31. The lowest BCUT2D eigenvalue weighted by molar-refractivity contribution is -0.325. The number of nitrogens with zero attached hydrogens (tertiary/aromatic N) is 5. The summed E-state index contributed by atoms with van der Waals surface area (Å²) in [6.07, 6.45) is -3.03. The molecule has 206 valence electrons. The van der Waals surface area contributed by atoms with Gasteiger partial charge >= 0.3 is 18.5 Å². The van der Waals surface area contributed by atoms with Crippen LogP contribution < -0.4 is 10.1 Å². The number of alkyl halides is 3. The number of likely N-dealkylation sites (tertiary alicyclic amines) is 1. The highest BCUT2D eigenvalue weighted by atomic mass is 35.5. The molecule has 0 bridgehead atoms. The van der Waals surface area contributed by atoms with E-state index < -0.39 is 37.3 Å². The molecule has 0 unspecified atom stereocenters. The molecule has 1 N–H and O–H groups in total. The quantitative estimate of drug-likeness (QED) is 0.390. The molecule has 4 rings (SSSR count). The third kappa shape index (κ3) is 7.57. The molecule has 1 aliphatic heterocycles. The van der Waals surface area contributed by atoms with E-state index in [2.05, 4.69) is 30.2 Å². The molecule has 1 aliphatic rings. The highest BCUT2D eigenvalue weighted by Crippen LogP contribution is 2.33. The molecule has 1 fully saturated rings. The molecule has 1 saturated heterocycles. The number of aromatic nitrogens is 4. The summed E-state index contributed by atoms with van der Waals surface area (Å²) >= 11 is 6.03. The molecule has 0 spiro atoms. The summed E-state index contributed by atoms with van der Waals surface area (Å²) < 4.78 is 56.1. The number of ether oxygens (including phenoxy) is 3. The molecule has 15 heteroatoms. The number of carbonyl (C=O) groups is 1. The average Bonchev–Trinajstić information content (AvgIpc) is 3.29. The van der Waals surface area contributed by atoms with Crippen LogP contribution in [0.15, 0.2) is 28.8 Å². The van der Waals surface area contributed by atoms with Crippen LogP contribution in [0.4, 0.5) is 23.9 Å². The molecule has 3 aromatic rings. The topological polar surface area (TPSA) is 125 Å². The number of halogens is 4. The lowest BCUT2D eigenvalue weighted by Gasteiger charge is -2.38. The van der Waals surface area contributed by atoms with Crippen molar-refractivity contribution >= 4 is 34.5 Å². The van der Waals surface area contributed by atoms with Gasteiger partial charge in [-0.2, -0.15) is 0 Å². The number of benzene rings is 1. The van der Waals surface area contributed by atoms with Gasteiger partial charge in [0, 0.05) is 29.2 Å². The fraction of sp³-hybridized carbons (Fsp3) is 0.522. The van der Waals surface area contributed by atoms with Gasteiger partial charge in [-0.1, -0.05) is 16.7 Å². The van der Waals surface area contributed by atoms with E-state index in [-0.39, 0.29) is 24.6 Å². The van der Waals surface area contributed by atoms with Crippen LogP contribution in [0.5, 0.6) is 6.08 Å². The first-order valence-corrected chi connectivity index (χ1v) is 12.1. The van der Waals surface area contributed by atoms with Crippen molar-refractivity contribution in [3.8, 4) is 6.08 Å². The van der Waals surface area contributed by atoms with Crippen LogP contribution in [0.3, 0.4) is 0 Å². The van der Waals surface area contributed by atoms with Crippen molar-refractivity contribution in [1.82, 2.24) is 25.1 Å². The van der Waals surface area contributed by atoms with E-state index in [9.17, 15) is 18.0 Å². The van der Waals surface area contributed by atoms with Crippen LogP contribution in [-0.2, 0) is 9.47 Å². The molecule has 38 heavy (non-hydrogen) atoms. The SMILES string of the molecule is CC(C)(C)OC(=O)N1C[C@@H](Nc2ncc3cc(Cl)ccc3n2)CC[C@@H]1c1nnc(OCCOC(F)(F)F)o1. The van der Waals surface area contributed by atoms with Crippen molar-refractivity contribution in [2.24, 2.45) is 0 Å². The van der Waals surface area contributed by atoms with Gasteiger partial charge in [0.05, 0.1) is 12.1 Å². The Hall–Kier alpha value is -3.39. The molecular weight excluding hydrogens is 533 g/mol. The van der Waals surface area contributed by atoms with Crippen molar-refractivity contribution in [1.29, 1.82) is 0 Å². The Labute approximate surface area is 220 Å². The molecule has 1 aromatic carbocycles. The molecule has 3 heterocycles. The lowest BCUT2D eigenvalue weighted by Crippen LogP contribution is -2.48. The molecule has 11 nitrogen and oxygen atoms in total. The summed E-state index contributed by atoms with van der Waals surface area (Å²) in [6.45, 7) is 4.25.